The number of aryl methyl sites for hydroxylation is 2. The maximum Gasteiger partial charge on any atom is 0.335 e. The summed E-state index contributed by atoms with van der Waals surface area (Å²) < 4.78 is 5.67. The van der Waals surface area contributed by atoms with Crippen LogP contribution in [0.4, 0.5) is 0 Å². The Bertz CT molecular complexity index is 617. The Morgan fingerprint density at radius 1 is 1.10 bits per heavy atom. The number of aromatic carboxylic acids is 1. The van der Waals surface area contributed by atoms with Gasteiger partial charge in [-0.05, 0) is 42.7 Å². The number of hydrogen-bond acceptors (Lipinski definition) is 2. The number of carbonyl (C=O) groups is 1. The second-order valence-electron chi connectivity index (χ2n) is 4.93. The van der Waals surface area contributed by atoms with Crippen LogP contribution in [-0.2, 0) is 18.0 Å². The highest BCUT2D eigenvalue weighted by Crippen LogP contribution is 2.13. The minimum atomic E-state index is -0.916. The lowest BCUT2D eigenvalue weighted by Crippen LogP contribution is -2.00. The molecule has 0 saturated heterocycles. The van der Waals surface area contributed by atoms with E-state index in [9.17, 15) is 4.79 Å². The first kappa shape index (κ1) is 14.3. The van der Waals surface area contributed by atoms with E-state index in [2.05, 4.69) is 32.0 Å². The highest BCUT2D eigenvalue weighted by atomic mass is 16.5. The monoisotopic (exact) mass is 270 g/mol. The molecule has 2 aromatic rings. The van der Waals surface area contributed by atoms with Gasteiger partial charge in [-0.15, -0.1) is 0 Å². The zero-order valence-corrected chi connectivity index (χ0v) is 11.7. The van der Waals surface area contributed by atoms with Crippen molar-refractivity contribution in [1.82, 2.24) is 0 Å². The fourth-order valence-corrected chi connectivity index (χ4v) is 2.08. The van der Waals surface area contributed by atoms with E-state index >= 15 is 0 Å². The molecule has 0 radical (unpaired) electrons. The molecule has 2 aromatic carbocycles. The molecule has 1 N–H and O–H groups in total. The standard InChI is InChI=1S/C17H18O3/c1-12-6-7-16(13(2)8-12)11-20-10-14-4-3-5-15(9-14)17(18)19/h3-9H,10-11H2,1-2H3,(H,18,19). The quantitative estimate of drug-likeness (QED) is 0.900. The molecule has 0 bridgehead atoms. The second-order valence-corrected chi connectivity index (χ2v) is 4.93. The van der Waals surface area contributed by atoms with Crippen molar-refractivity contribution >= 4 is 5.97 Å². The molecule has 0 aromatic heterocycles. The first-order valence-electron chi connectivity index (χ1n) is 6.52. The van der Waals surface area contributed by atoms with Crippen molar-refractivity contribution in [2.24, 2.45) is 0 Å². The zero-order chi connectivity index (χ0) is 14.5. The van der Waals surface area contributed by atoms with Crippen molar-refractivity contribution < 1.29 is 14.6 Å². The molecule has 0 aliphatic carbocycles. The molecule has 0 unspecified atom stereocenters. The summed E-state index contributed by atoms with van der Waals surface area (Å²) in [5, 5.41) is 8.93. The number of benzene rings is 2. The van der Waals surface area contributed by atoms with Gasteiger partial charge in [0.2, 0.25) is 0 Å². The fourth-order valence-electron chi connectivity index (χ4n) is 2.08. The Hall–Kier alpha value is -2.13. The topological polar surface area (TPSA) is 46.5 Å². The summed E-state index contributed by atoms with van der Waals surface area (Å²) in [5.41, 5.74) is 4.77. The number of carboxylic acids is 1. The Labute approximate surface area is 118 Å². The van der Waals surface area contributed by atoms with Crippen LogP contribution in [-0.4, -0.2) is 11.1 Å². The molecule has 3 heteroatoms. The van der Waals surface area contributed by atoms with Crippen LogP contribution in [0.5, 0.6) is 0 Å². The first-order chi connectivity index (χ1) is 9.56. The molecule has 3 nitrogen and oxygen atoms in total. The minimum absolute atomic E-state index is 0.289. The van der Waals surface area contributed by atoms with Gasteiger partial charge >= 0.3 is 5.97 Å². The third kappa shape index (κ3) is 3.68. The minimum Gasteiger partial charge on any atom is -0.478 e. The molecular weight excluding hydrogens is 252 g/mol. The summed E-state index contributed by atoms with van der Waals surface area (Å²) in [6.07, 6.45) is 0. The van der Waals surface area contributed by atoms with Gasteiger partial charge in [0, 0.05) is 0 Å². The Balaban J connectivity index is 1.96. The number of carboxylic acid groups (broad SMARTS) is 1. The molecule has 0 saturated carbocycles. The molecule has 0 aliphatic heterocycles. The molecule has 0 aliphatic rings. The summed E-state index contributed by atoms with van der Waals surface area (Å²) in [4.78, 5) is 10.9. The highest BCUT2D eigenvalue weighted by Gasteiger charge is 2.04. The van der Waals surface area contributed by atoms with Crippen LogP contribution in [0.15, 0.2) is 42.5 Å². The molecule has 0 atom stereocenters. The summed E-state index contributed by atoms with van der Waals surface area (Å²) in [6, 6.07) is 13.1. The van der Waals surface area contributed by atoms with Crippen LogP contribution in [0.2, 0.25) is 0 Å². The zero-order valence-electron chi connectivity index (χ0n) is 11.7. The van der Waals surface area contributed by atoms with E-state index in [4.69, 9.17) is 9.84 Å². The summed E-state index contributed by atoms with van der Waals surface area (Å²) in [6.45, 7) is 5.07. The molecule has 0 spiro atoms. The van der Waals surface area contributed by atoms with Crippen molar-refractivity contribution in [3.63, 3.8) is 0 Å². The van der Waals surface area contributed by atoms with Gasteiger partial charge in [-0.3, -0.25) is 0 Å². The van der Waals surface area contributed by atoms with E-state index in [1.165, 1.54) is 11.1 Å². The lowest BCUT2D eigenvalue weighted by Gasteiger charge is -2.08. The molecule has 0 amide bonds. The van der Waals surface area contributed by atoms with E-state index in [1.54, 1.807) is 18.2 Å². The molecular formula is C17H18O3. The van der Waals surface area contributed by atoms with Crippen LogP contribution in [0.3, 0.4) is 0 Å². The van der Waals surface area contributed by atoms with E-state index in [-0.39, 0.29) is 5.56 Å². The predicted molar refractivity (Wildman–Crippen MR) is 77.8 cm³/mol. The van der Waals surface area contributed by atoms with Crippen LogP contribution < -0.4 is 0 Å². The molecule has 0 heterocycles. The SMILES string of the molecule is Cc1ccc(COCc2cccc(C(=O)O)c2)c(C)c1. The number of rotatable bonds is 5. The Morgan fingerprint density at radius 2 is 1.90 bits per heavy atom. The van der Waals surface area contributed by atoms with Crippen LogP contribution in [0, 0.1) is 13.8 Å². The average Bonchev–Trinajstić information content (AvgIpc) is 2.41. The van der Waals surface area contributed by atoms with E-state index in [0.29, 0.717) is 13.2 Å². The fraction of sp³-hybridized carbons (Fsp3) is 0.235. The molecule has 104 valence electrons. The third-order valence-electron chi connectivity index (χ3n) is 3.20. The van der Waals surface area contributed by atoms with Crippen molar-refractivity contribution in [3.05, 3.63) is 70.3 Å². The maximum atomic E-state index is 10.9. The van der Waals surface area contributed by atoms with Crippen LogP contribution in [0.1, 0.15) is 32.6 Å². The summed E-state index contributed by atoms with van der Waals surface area (Å²) >= 11 is 0. The lowest BCUT2D eigenvalue weighted by molar-refractivity contribution is 0.0696. The third-order valence-corrected chi connectivity index (χ3v) is 3.20. The van der Waals surface area contributed by atoms with Gasteiger partial charge in [0.05, 0.1) is 18.8 Å². The number of hydrogen-bond donors (Lipinski definition) is 1. The van der Waals surface area contributed by atoms with Crippen molar-refractivity contribution in [2.45, 2.75) is 27.1 Å². The highest BCUT2D eigenvalue weighted by molar-refractivity contribution is 5.87. The van der Waals surface area contributed by atoms with Crippen molar-refractivity contribution in [2.75, 3.05) is 0 Å². The van der Waals surface area contributed by atoms with Crippen LogP contribution >= 0.6 is 0 Å². The average molecular weight is 270 g/mol. The van der Waals surface area contributed by atoms with Crippen molar-refractivity contribution in [3.8, 4) is 0 Å². The van der Waals surface area contributed by atoms with Crippen LogP contribution in [0.25, 0.3) is 0 Å². The molecule has 2 rings (SSSR count). The smallest absolute Gasteiger partial charge is 0.335 e. The Kier molecular flexibility index (Phi) is 4.53. The first-order valence-corrected chi connectivity index (χ1v) is 6.52. The maximum absolute atomic E-state index is 10.9. The van der Waals surface area contributed by atoms with Gasteiger partial charge in [-0.2, -0.15) is 0 Å². The normalized spacial score (nSPS) is 10.5. The van der Waals surface area contributed by atoms with Gasteiger partial charge in [-0.25, -0.2) is 4.79 Å². The van der Waals surface area contributed by atoms with Gasteiger partial charge in [0.25, 0.3) is 0 Å². The second kappa shape index (κ2) is 6.35. The number of ether oxygens (including phenoxy) is 1. The van der Waals surface area contributed by atoms with Gasteiger partial charge < -0.3 is 9.84 Å². The van der Waals surface area contributed by atoms with Gasteiger partial charge in [-0.1, -0.05) is 35.9 Å². The largest absolute Gasteiger partial charge is 0.478 e. The van der Waals surface area contributed by atoms with Gasteiger partial charge in [0.1, 0.15) is 0 Å². The molecule has 0 fully saturated rings. The summed E-state index contributed by atoms with van der Waals surface area (Å²) in [7, 11) is 0. The van der Waals surface area contributed by atoms with E-state index in [0.717, 1.165) is 11.1 Å². The Morgan fingerprint density at radius 3 is 2.60 bits per heavy atom. The predicted octanol–water partition coefficient (Wildman–Crippen LogP) is 3.72. The molecule has 20 heavy (non-hydrogen) atoms. The van der Waals surface area contributed by atoms with E-state index < -0.39 is 5.97 Å². The van der Waals surface area contributed by atoms with Gasteiger partial charge in [0.15, 0.2) is 0 Å². The lowest BCUT2D eigenvalue weighted by atomic mass is 10.1. The van der Waals surface area contributed by atoms with Crippen molar-refractivity contribution in [1.29, 1.82) is 0 Å². The van der Waals surface area contributed by atoms with E-state index in [1.807, 2.05) is 6.07 Å². The summed E-state index contributed by atoms with van der Waals surface area (Å²) in [5.74, 6) is -0.916.